The summed E-state index contributed by atoms with van der Waals surface area (Å²) in [4.78, 5) is 12.0. The van der Waals surface area contributed by atoms with Gasteiger partial charge in [-0.25, -0.2) is 26.6 Å². The number of nitrogens with zero attached hydrogens (tertiary/aromatic N) is 3. The summed E-state index contributed by atoms with van der Waals surface area (Å²) in [5.74, 6) is -2.13. The largest absolute Gasteiger partial charge is 0.389 e. The lowest BCUT2D eigenvalue weighted by Crippen LogP contribution is -2.42. The molecule has 1 heterocycles. The molecule has 0 saturated heterocycles. The Balaban J connectivity index is 2.56. The molecule has 0 radical (unpaired) electrons. The Morgan fingerprint density at radius 1 is 1.50 bits per heavy atom. The maximum Gasteiger partial charge on any atom is 0.297 e. The average Bonchev–Trinajstić information content (AvgIpc) is 2.89. The lowest BCUT2D eigenvalue weighted by atomic mass is 10.1. The number of aldehydes is 1. The van der Waals surface area contributed by atoms with Crippen LogP contribution in [0.4, 0.5) is 24.5 Å². The van der Waals surface area contributed by atoms with Gasteiger partial charge in [0.2, 0.25) is 0 Å². The normalized spacial score (nSPS) is 17.0. The third-order valence-electron chi connectivity index (χ3n) is 3.53. The highest BCUT2D eigenvalue weighted by Gasteiger charge is 2.37. The van der Waals surface area contributed by atoms with Crippen molar-refractivity contribution in [3.05, 3.63) is 23.5 Å². The first-order valence-corrected chi connectivity index (χ1v) is 8.77. The Hall–Kier alpha value is -2.41. The molecule has 0 saturated carbocycles. The lowest BCUT2D eigenvalue weighted by Gasteiger charge is -2.25. The zero-order valence-corrected chi connectivity index (χ0v) is 14.9. The summed E-state index contributed by atoms with van der Waals surface area (Å²) in [6.45, 7) is 0. The summed E-state index contributed by atoms with van der Waals surface area (Å²) in [5, 5.41) is 6.89. The van der Waals surface area contributed by atoms with Crippen LogP contribution < -0.4 is 16.1 Å². The minimum Gasteiger partial charge on any atom is -0.389 e. The van der Waals surface area contributed by atoms with E-state index in [1.165, 1.54) is 7.05 Å². The fraction of sp³-hybridized carbons (Fsp3) is 0.308. The Morgan fingerprint density at radius 2 is 2.15 bits per heavy atom. The predicted molar refractivity (Wildman–Crippen MR) is 94.6 cm³/mol. The molecule has 0 aromatic heterocycles. The summed E-state index contributed by atoms with van der Waals surface area (Å²) in [6, 6.07) is 2.01. The molecule has 1 atom stereocenters. The van der Waals surface area contributed by atoms with Crippen LogP contribution in [-0.2, 0) is 15.5 Å². The molecule has 0 bridgehead atoms. The van der Waals surface area contributed by atoms with Crippen molar-refractivity contribution in [3.8, 4) is 0 Å². The lowest BCUT2D eigenvalue weighted by molar-refractivity contribution is -0.110. The second kappa shape index (κ2) is 7.86. The zero-order chi connectivity index (χ0) is 19.6. The zero-order valence-electron chi connectivity index (χ0n) is 13.2. The van der Waals surface area contributed by atoms with Gasteiger partial charge in [0.25, 0.3) is 6.43 Å². The number of amidine groups is 1. The number of thiol groups is 1. The minimum absolute atomic E-state index is 0.0198. The van der Waals surface area contributed by atoms with Gasteiger partial charge in [0, 0.05) is 18.3 Å². The number of thiocarbonyl (C=S) groups is 1. The molecule has 0 amide bonds. The Kier molecular flexibility index (Phi) is 6.02. The van der Waals surface area contributed by atoms with Crippen LogP contribution in [0.5, 0.6) is 0 Å². The Bertz CT molecular complexity index is 839. The van der Waals surface area contributed by atoms with Crippen molar-refractivity contribution in [2.75, 3.05) is 23.3 Å². The van der Waals surface area contributed by atoms with E-state index in [9.17, 15) is 26.4 Å². The van der Waals surface area contributed by atoms with Crippen LogP contribution in [0.1, 0.15) is 5.56 Å². The molecule has 1 aromatic rings. The molecule has 142 valence electrons. The molecule has 13 heteroatoms. The standard InChI is InChI=1S/C13H14F3N5O3S2/c1-20-10(4-22)21(19-13(20)11(15)16)9-3-8(18-5-26(23)24)6(12(17)25)2-7(9)14/h2-4,10-11,18,26H,5H2,1H3,(H2,17,25). The van der Waals surface area contributed by atoms with E-state index in [0.29, 0.717) is 6.29 Å². The number of halogens is 3. The molecule has 0 fully saturated rings. The van der Waals surface area contributed by atoms with Crippen LogP contribution in [0.15, 0.2) is 17.2 Å². The number of nitrogens with two attached hydrogens (primary N) is 1. The predicted octanol–water partition coefficient (Wildman–Crippen LogP) is 0.296. The van der Waals surface area contributed by atoms with Crippen LogP contribution in [0, 0.1) is 5.82 Å². The van der Waals surface area contributed by atoms with Crippen molar-refractivity contribution in [1.82, 2.24) is 4.90 Å². The van der Waals surface area contributed by atoms with Crippen LogP contribution in [-0.4, -0.2) is 55.9 Å². The van der Waals surface area contributed by atoms with Gasteiger partial charge in [0.15, 0.2) is 29.0 Å². The number of carbonyl (C=O) groups is 1. The smallest absolute Gasteiger partial charge is 0.297 e. The van der Waals surface area contributed by atoms with Crippen LogP contribution in [0.2, 0.25) is 0 Å². The summed E-state index contributed by atoms with van der Waals surface area (Å²) >= 11 is 4.80. The molecule has 26 heavy (non-hydrogen) atoms. The first-order valence-electron chi connectivity index (χ1n) is 7.00. The number of benzene rings is 1. The Morgan fingerprint density at radius 3 is 2.65 bits per heavy atom. The molecule has 0 aliphatic carbocycles. The van der Waals surface area contributed by atoms with Crippen LogP contribution in [0.3, 0.4) is 0 Å². The number of carbonyl (C=O) groups excluding carboxylic acids is 1. The fourth-order valence-corrected chi connectivity index (χ4v) is 2.79. The van der Waals surface area contributed by atoms with E-state index in [2.05, 4.69) is 10.4 Å². The van der Waals surface area contributed by atoms with Gasteiger partial charge in [-0.3, -0.25) is 4.79 Å². The van der Waals surface area contributed by atoms with E-state index in [1.54, 1.807) is 0 Å². The monoisotopic (exact) mass is 409 g/mol. The van der Waals surface area contributed by atoms with Gasteiger partial charge in [-0.15, -0.1) is 0 Å². The van der Waals surface area contributed by atoms with Gasteiger partial charge in [-0.1, -0.05) is 12.2 Å². The SMILES string of the molecule is CN1C(C(F)F)=NN(c2cc(NC[SH](=O)=O)c(C(N)=S)cc2F)C1C=O. The van der Waals surface area contributed by atoms with Gasteiger partial charge in [-0.2, -0.15) is 5.10 Å². The topological polar surface area (TPSA) is 108 Å². The third-order valence-corrected chi connectivity index (χ3v) is 4.17. The molecule has 1 aliphatic rings. The van der Waals surface area contributed by atoms with E-state index < -0.39 is 40.8 Å². The van der Waals surface area contributed by atoms with Gasteiger partial charge in [0.1, 0.15) is 22.4 Å². The number of hydrazone groups is 1. The van der Waals surface area contributed by atoms with Crippen molar-refractivity contribution >= 4 is 51.4 Å². The molecule has 1 aliphatic heterocycles. The average molecular weight is 409 g/mol. The molecule has 1 unspecified atom stereocenters. The summed E-state index contributed by atoms with van der Waals surface area (Å²) in [7, 11) is -1.60. The molecule has 1 aromatic carbocycles. The van der Waals surface area contributed by atoms with Crippen molar-refractivity contribution in [2.24, 2.45) is 10.8 Å². The van der Waals surface area contributed by atoms with E-state index in [0.717, 1.165) is 22.0 Å². The number of nitrogens with one attached hydrogen (secondary N) is 1. The van der Waals surface area contributed by atoms with Gasteiger partial charge < -0.3 is 16.0 Å². The van der Waals surface area contributed by atoms with Crippen LogP contribution in [0.25, 0.3) is 0 Å². The highest BCUT2D eigenvalue weighted by atomic mass is 32.2. The maximum atomic E-state index is 14.5. The van der Waals surface area contributed by atoms with Crippen molar-refractivity contribution in [3.63, 3.8) is 0 Å². The second-order valence-electron chi connectivity index (χ2n) is 5.15. The summed E-state index contributed by atoms with van der Waals surface area (Å²) < 4.78 is 62.1. The van der Waals surface area contributed by atoms with E-state index in [1.807, 2.05) is 0 Å². The van der Waals surface area contributed by atoms with E-state index >= 15 is 0 Å². The van der Waals surface area contributed by atoms with Crippen molar-refractivity contribution in [1.29, 1.82) is 0 Å². The maximum absolute atomic E-state index is 14.5. The second-order valence-corrected chi connectivity index (χ2v) is 6.57. The van der Waals surface area contributed by atoms with Crippen molar-refractivity contribution < 1.29 is 26.4 Å². The quantitative estimate of drug-likeness (QED) is 0.335. The number of anilines is 2. The summed E-state index contributed by atoms with van der Waals surface area (Å²) in [6.07, 6.45) is -3.96. The third kappa shape index (κ3) is 3.88. The highest BCUT2D eigenvalue weighted by molar-refractivity contribution is 7.80. The van der Waals surface area contributed by atoms with Gasteiger partial charge >= 0.3 is 0 Å². The first-order chi connectivity index (χ1) is 12.2. The number of hydrogen-bond donors (Lipinski definition) is 3. The fourth-order valence-electron chi connectivity index (χ4n) is 2.32. The Labute approximate surface area is 153 Å². The number of hydrogen-bond acceptors (Lipinski definition) is 8. The van der Waals surface area contributed by atoms with Gasteiger partial charge in [-0.05, 0) is 12.1 Å². The number of likely N-dealkylation sites (N-methyl/N-ethyl adjacent to an activating group) is 1. The minimum atomic E-state index is -2.98. The van der Waals surface area contributed by atoms with E-state index in [-0.39, 0.29) is 21.9 Å². The molecular formula is C13H14F3N5O3S2. The number of rotatable bonds is 7. The highest BCUT2D eigenvalue weighted by Crippen LogP contribution is 2.32. The molecule has 0 spiro atoms. The number of alkyl halides is 2. The van der Waals surface area contributed by atoms with Crippen LogP contribution >= 0.6 is 12.2 Å². The van der Waals surface area contributed by atoms with Crippen molar-refractivity contribution in [2.45, 2.75) is 12.6 Å². The molecule has 8 nitrogen and oxygen atoms in total. The van der Waals surface area contributed by atoms with E-state index in [4.69, 9.17) is 18.0 Å². The molecule has 2 rings (SSSR count). The molecular weight excluding hydrogens is 395 g/mol. The summed E-state index contributed by atoms with van der Waals surface area (Å²) in [5.41, 5.74) is 5.25. The molecule has 3 N–H and O–H groups in total. The van der Waals surface area contributed by atoms with Gasteiger partial charge in [0.05, 0.1) is 0 Å². The first kappa shape index (κ1) is 19.9.